The zero-order valence-electron chi connectivity index (χ0n) is 11.0. The summed E-state index contributed by atoms with van der Waals surface area (Å²) in [7, 11) is 4.70. The minimum Gasteiger partial charge on any atom is -0.493 e. The second kappa shape index (κ2) is 6.05. The molecule has 0 unspecified atom stereocenters. The molecular weight excluding hydrogens is 234 g/mol. The fourth-order valence-corrected chi connectivity index (χ4v) is 1.62. The van der Waals surface area contributed by atoms with E-state index >= 15 is 0 Å². The van der Waals surface area contributed by atoms with E-state index < -0.39 is 5.91 Å². The number of rotatable bonds is 5. The van der Waals surface area contributed by atoms with E-state index in [1.54, 1.807) is 21.3 Å². The summed E-state index contributed by atoms with van der Waals surface area (Å²) >= 11 is 0. The van der Waals surface area contributed by atoms with Gasteiger partial charge in [-0.15, -0.1) is 0 Å². The standard InChI is InChI=1S/C13H17NO4/c1-9-5-11(17-3)12(18-4)6-10(9)7-14(2)13(16)8-15/h5-6,8H,7H2,1-4H3. The van der Waals surface area contributed by atoms with Gasteiger partial charge in [0.25, 0.3) is 5.91 Å². The van der Waals surface area contributed by atoms with E-state index in [-0.39, 0.29) is 0 Å². The summed E-state index contributed by atoms with van der Waals surface area (Å²) in [5, 5.41) is 0. The molecule has 0 radical (unpaired) electrons. The number of carbonyl (C=O) groups is 2. The van der Waals surface area contributed by atoms with Crippen molar-refractivity contribution >= 4 is 12.2 Å². The Morgan fingerprint density at radius 1 is 1.28 bits per heavy atom. The first-order chi connectivity index (χ1) is 8.53. The molecule has 0 saturated heterocycles. The second-order valence-corrected chi connectivity index (χ2v) is 3.95. The molecular formula is C13H17NO4. The average molecular weight is 251 g/mol. The van der Waals surface area contributed by atoms with Crippen LogP contribution < -0.4 is 9.47 Å². The monoisotopic (exact) mass is 251 g/mol. The van der Waals surface area contributed by atoms with Crippen LogP contribution in [0.15, 0.2) is 12.1 Å². The quantitative estimate of drug-likeness (QED) is 0.582. The summed E-state index contributed by atoms with van der Waals surface area (Å²) in [5.74, 6) is 0.692. The van der Waals surface area contributed by atoms with Gasteiger partial charge in [0.1, 0.15) is 0 Å². The van der Waals surface area contributed by atoms with Crippen LogP contribution >= 0.6 is 0 Å². The van der Waals surface area contributed by atoms with Crippen molar-refractivity contribution in [1.82, 2.24) is 4.90 Å². The molecule has 0 fully saturated rings. The number of hydrogen-bond donors (Lipinski definition) is 0. The first-order valence-electron chi connectivity index (χ1n) is 5.45. The summed E-state index contributed by atoms with van der Waals surface area (Å²) < 4.78 is 10.4. The lowest BCUT2D eigenvalue weighted by Gasteiger charge is -2.17. The van der Waals surface area contributed by atoms with Gasteiger partial charge >= 0.3 is 0 Å². The number of benzene rings is 1. The highest BCUT2D eigenvalue weighted by Gasteiger charge is 2.12. The Kier molecular flexibility index (Phi) is 4.71. The lowest BCUT2D eigenvalue weighted by molar-refractivity contribution is -0.138. The summed E-state index contributed by atoms with van der Waals surface area (Å²) in [4.78, 5) is 23.0. The predicted molar refractivity (Wildman–Crippen MR) is 66.8 cm³/mol. The van der Waals surface area contributed by atoms with E-state index in [9.17, 15) is 9.59 Å². The number of likely N-dealkylation sites (N-methyl/N-ethyl adjacent to an activating group) is 1. The molecule has 1 amide bonds. The van der Waals surface area contributed by atoms with Crippen LogP contribution in [0.5, 0.6) is 11.5 Å². The van der Waals surface area contributed by atoms with Gasteiger partial charge in [0.15, 0.2) is 11.5 Å². The Labute approximate surface area is 106 Å². The van der Waals surface area contributed by atoms with Crippen molar-refractivity contribution in [3.05, 3.63) is 23.3 Å². The summed E-state index contributed by atoms with van der Waals surface area (Å²) in [6.07, 6.45) is 0.302. The number of aryl methyl sites for hydroxylation is 1. The third-order valence-electron chi connectivity index (χ3n) is 2.73. The molecule has 18 heavy (non-hydrogen) atoms. The van der Waals surface area contributed by atoms with Crippen molar-refractivity contribution < 1.29 is 19.1 Å². The van der Waals surface area contributed by atoms with Crippen LogP contribution in [0.1, 0.15) is 11.1 Å². The van der Waals surface area contributed by atoms with Gasteiger partial charge in [0.2, 0.25) is 6.29 Å². The van der Waals surface area contributed by atoms with Crippen molar-refractivity contribution in [1.29, 1.82) is 0 Å². The maximum Gasteiger partial charge on any atom is 0.286 e. The molecule has 0 aliphatic carbocycles. The van der Waals surface area contributed by atoms with Crippen LogP contribution in [-0.2, 0) is 16.1 Å². The molecule has 0 bridgehead atoms. The van der Waals surface area contributed by atoms with Gasteiger partial charge in [0.05, 0.1) is 14.2 Å². The van der Waals surface area contributed by atoms with Crippen molar-refractivity contribution in [3.8, 4) is 11.5 Å². The molecule has 1 aromatic rings. The largest absolute Gasteiger partial charge is 0.493 e. The van der Waals surface area contributed by atoms with Crippen LogP contribution in [0.4, 0.5) is 0 Å². The number of amides is 1. The lowest BCUT2D eigenvalue weighted by atomic mass is 10.1. The van der Waals surface area contributed by atoms with E-state index in [2.05, 4.69) is 0 Å². The van der Waals surface area contributed by atoms with E-state index in [1.165, 1.54) is 4.90 Å². The van der Waals surface area contributed by atoms with Crippen molar-refractivity contribution in [3.63, 3.8) is 0 Å². The molecule has 0 aliphatic heterocycles. The molecule has 0 saturated carbocycles. The minimum absolute atomic E-state index is 0.302. The van der Waals surface area contributed by atoms with Gasteiger partial charge in [-0.2, -0.15) is 0 Å². The highest BCUT2D eigenvalue weighted by molar-refractivity contribution is 6.23. The molecule has 0 aliphatic rings. The molecule has 0 aromatic heterocycles. The summed E-state index contributed by atoms with van der Waals surface area (Å²) in [6, 6.07) is 3.65. The van der Waals surface area contributed by atoms with Gasteiger partial charge in [-0.25, -0.2) is 0 Å². The minimum atomic E-state index is -0.552. The van der Waals surface area contributed by atoms with E-state index in [1.807, 2.05) is 19.1 Å². The van der Waals surface area contributed by atoms with E-state index in [0.29, 0.717) is 24.3 Å². The third kappa shape index (κ3) is 3.00. The maximum atomic E-state index is 11.2. The van der Waals surface area contributed by atoms with Crippen LogP contribution in [-0.4, -0.2) is 38.4 Å². The van der Waals surface area contributed by atoms with Gasteiger partial charge in [0, 0.05) is 13.6 Å². The van der Waals surface area contributed by atoms with Crippen molar-refractivity contribution in [2.75, 3.05) is 21.3 Å². The summed E-state index contributed by atoms with van der Waals surface area (Å²) in [6.45, 7) is 2.26. The smallest absolute Gasteiger partial charge is 0.286 e. The number of aldehydes is 1. The number of ether oxygens (including phenoxy) is 2. The fraction of sp³-hybridized carbons (Fsp3) is 0.385. The highest BCUT2D eigenvalue weighted by Crippen LogP contribution is 2.30. The Hall–Kier alpha value is -2.04. The molecule has 1 rings (SSSR count). The van der Waals surface area contributed by atoms with Crippen LogP contribution in [0.2, 0.25) is 0 Å². The molecule has 0 atom stereocenters. The number of hydrogen-bond acceptors (Lipinski definition) is 4. The highest BCUT2D eigenvalue weighted by atomic mass is 16.5. The van der Waals surface area contributed by atoms with Gasteiger partial charge in [-0.05, 0) is 30.2 Å². The number of nitrogens with zero attached hydrogens (tertiary/aromatic N) is 1. The SMILES string of the molecule is COc1cc(C)c(CN(C)C(=O)C=O)cc1OC. The first-order valence-corrected chi connectivity index (χ1v) is 5.45. The molecule has 1 aromatic carbocycles. The first kappa shape index (κ1) is 14.0. The zero-order valence-corrected chi connectivity index (χ0v) is 11.0. The molecule has 5 nitrogen and oxygen atoms in total. The number of methoxy groups -OCH3 is 2. The Bertz CT molecular complexity index is 457. The molecule has 5 heteroatoms. The molecule has 0 heterocycles. The van der Waals surface area contributed by atoms with E-state index in [4.69, 9.17) is 9.47 Å². The Morgan fingerprint density at radius 2 is 1.83 bits per heavy atom. The van der Waals surface area contributed by atoms with Gasteiger partial charge in [-0.1, -0.05) is 0 Å². The average Bonchev–Trinajstić information content (AvgIpc) is 2.39. The van der Waals surface area contributed by atoms with Crippen LogP contribution in [0.3, 0.4) is 0 Å². The third-order valence-corrected chi connectivity index (χ3v) is 2.73. The Balaban J connectivity index is 3.02. The lowest BCUT2D eigenvalue weighted by Crippen LogP contribution is -2.27. The zero-order chi connectivity index (χ0) is 13.7. The number of carbonyl (C=O) groups excluding carboxylic acids is 2. The molecule has 0 N–H and O–H groups in total. The molecule has 0 spiro atoms. The molecule has 98 valence electrons. The van der Waals surface area contributed by atoms with Gasteiger partial charge in [-0.3, -0.25) is 9.59 Å². The van der Waals surface area contributed by atoms with Crippen molar-refractivity contribution in [2.45, 2.75) is 13.5 Å². The topological polar surface area (TPSA) is 55.8 Å². The fourth-order valence-electron chi connectivity index (χ4n) is 1.62. The predicted octanol–water partition coefficient (Wildman–Crippen LogP) is 1.17. The normalized spacial score (nSPS) is 9.78. The maximum absolute atomic E-state index is 11.2. The van der Waals surface area contributed by atoms with Crippen LogP contribution in [0.25, 0.3) is 0 Å². The van der Waals surface area contributed by atoms with Crippen LogP contribution in [0, 0.1) is 6.92 Å². The van der Waals surface area contributed by atoms with E-state index in [0.717, 1.165) is 11.1 Å². The Morgan fingerprint density at radius 3 is 2.33 bits per heavy atom. The van der Waals surface area contributed by atoms with Gasteiger partial charge < -0.3 is 14.4 Å². The second-order valence-electron chi connectivity index (χ2n) is 3.95. The summed E-state index contributed by atoms with van der Waals surface area (Å²) in [5.41, 5.74) is 1.88. The van der Waals surface area contributed by atoms with Crippen molar-refractivity contribution in [2.24, 2.45) is 0 Å².